The lowest BCUT2D eigenvalue weighted by Gasteiger charge is -2.36. The topological polar surface area (TPSA) is 75.2 Å². The van der Waals surface area contributed by atoms with Crippen LogP contribution in [0.4, 0.5) is 5.82 Å². The summed E-state index contributed by atoms with van der Waals surface area (Å²) in [7, 11) is 0. The maximum Gasteiger partial charge on any atom is 0.141 e. The van der Waals surface area contributed by atoms with E-state index >= 15 is 0 Å². The summed E-state index contributed by atoms with van der Waals surface area (Å²) in [5.74, 6) is 0.862. The van der Waals surface area contributed by atoms with Crippen molar-refractivity contribution in [3.8, 4) is 0 Å². The fraction of sp³-hybridized carbons (Fsp3) is 0.500. The molecule has 1 saturated heterocycles. The van der Waals surface area contributed by atoms with Crippen LogP contribution < -0.4 is 10.6 Å². The summed E-state index contributed by atoms with van der Waals surface area (Å²) < 4.78 is 5.68. The predicted octanol–water partition coefficient (Wildman–Crippen LogP) is 0.979. The number of hydrogen-bond acceptors (Lipinski definition) is 4. The summed E-state index contributed by atoms with van der Waals surface area (Å²) >= 11 is 0. The van der Waals surface area contributed by atoms with Gasteiger partial charge in [-0.15, -0.1) is 0 Å². The molecule has 2 atom stereocenters. The van der Waals surface area contributed by atoms with E-state index < -0.39 is 0 Å². The van der Waals surface area contributed by atoms with Crippen LogP contribution in [0.3, 0.4) is 0 Å². The number of amidine groups is 1. The van der Waals surface area contributed by atoms with Crippen molar-refractivity contribution in [3.05, 3.63) is 23.9 Å². The van der Waals surface area contributed by atoms with Crippen LogP contribution in [0.2, 0.25) is 0 Å². The van der Waals surface area contributed by atoms with E-state index in [2.05, 4.69) is 23.7 Å². The predicted molar refractivity (Wildman–Crippen MR) is 67.5 cm³/mol. The maximum absolute atomic E-state index is 7.40. The first-order valence-corrected chi connectivity index (χ1v) is 5.78. The molecule has 17 heavy (non-hydrogen) atoms. The Balaban J connectivity index is 2.21. The first-order valence-electron chi connectivity index (χ1n) is 5.78. The molecule has 0 bridgehead atoms. The van der Waals surface area contributed by atoms with Crippen molar-refractivity contribution in [2.45, 2.75) is 26.1 Å². The highest BCUT2D eigenvalue weighted by molar-refractivity contribution is 5.93. The number of rotatable bonds is 2. The third-order valence-electron chi connectivity index (χ3n) is 2.75. The van der Waals surface area contributed by atoms with Crippen LogP contribution in [0, 0.1) is 5.41 Å². The first-order chi connectivity index (χ1) is 8.06. The highest BCUT2D eigenvalue weighted by atomic mass is 16.5. The lowest BCUT2D eigenvalue weighted by atomic mass is 10.2. The van der Waals surface area contributed by atoms with E-state index in [4.69, 9.17) is 15.9 Å². The lowest BCUT2D eigenvalue weighted by Crippen LogP contribution is -2.46. The van der Waals surface area contributed by atoms with E-state index in [1.807, 2.05) is 12.1 Å². The highest BCUT2D eigenvalue weighted by Crippen LogP contribution is 2.18. The molecule has 5 nitrogen and oxygen atoms in total. The van der Waals surface area contributed by atoms with Gasteiger partial charge in [-0.3, -0.25) is 5.41 Å². The van der Waals surface area contributed by atoms with Crippen molar-refractivity contribution in [2.24, 2.45) is 5.73 Å². The number of pyridine rings is 1. The second-order valence-corrected chi connectivity index (χ2v) is 4.46. The molecule has 0 amide bonds. The number of hydrogen-bond donors (Lipinski definition) is 2. The van der Waals surface area contributed by atoms with E-state index in [9.17, 15) is 0 Å². The van der Waals surface area contributed by atoms with Crippen LogP contribution in [0.25, 0.3) is 0 Å². The third kappa shape index (κ3) is 2.74. The Morgan fingerprint density at radius 2 is 2.06 bits per heavy atom. The van der Waals surface area contributed by atoms with Crippen molar-refractivity contribution in [3.63, 3.8) is 0 Å². The number of morpholine rings is 1. The molecular formula is C12H18N4O. The molecule has 1 aliphatic rings. The molecule has 3 N–H and O–H groups in total. The minimum atomic E-state index is 0.00112. The zero-order valence-corrected chi connectivity index (χ0v) is 10.2. The Kier molecular flexibility index (Phi) is 3.28. The van der Waals surface area contributed by atoms with Gasteiger partial charge in [-0.25, -0.2) is 4.98 Å². The fourth-order valence-corrected chi connectivity index (χ4v) is 2.11. The van der Waals surface area contributed by atoms with Crippen LogP contribution in [-0.2, 0) is 4.74 Å². The van der Waals surface area contributed by atoms with Crippen LogP contribution >= 0.6 is 0 Å². The normalized spacial score (nSPS) is 24.7. The van der Waals surface area contributed by atoms with Gasteiger partial charge in [-0.2, -0.15) is 0 Å². The molecule has 0 radical (unpaired) electrons. The summed E-state index contributed by atoms with van der Waals surface area (Å²) in [6.07, 6.45) is 0.392. The lowest BCUT2D eigenvalue weighted by molar-refractivity contribution is -0.00545. The Bertz CT molecular complexity index is 411. The van der Waals surface area contributed by atoms with Crippen molar-refractivity contribution < 1.29 is 4.74 Å². The molecule has 5 heteroatoms. The summed E-state index contributed by atoms with van der Waals surface area (Å²) in [6.45, 7) is 5.74. The molecule has 92 valence electrons. The van der Waals surface area contributed by atoms with Crippen LogP contribution in [0.15, 0.2) is 18.2 Å². The Labute approximate surface area is 101 Å². The summed E-state index contributed by atoms with van der Waals surface area (Å²) in [5.41, 5.74) is 5.97. The number of nitrogens with one attached hydrogen (secondary N) is 1. The van der Waals surface area contributed by atoms with Gasteiger partial charge >= 0.3 is 0 Å². The smallest absolute Gasteiger partial charge is 0.141 e. The molecule has 1 aromatic heterocycles. The van der Waals surface area contributed by atoms with Gasteiger partial charge in [0, 0.05) is 13.1 Å². The number of aromatic nitrogens is 1. The van der Waals surface area contributed by atoms with Crippen molar-refractivity contribution >= 4 is 11.7 Å². The van der Waals surface area contributed by atoms with E-state index in [0.29, 0.717) is 5.69 Å². The molecule has 2 unspecified atom stereocenters. The van der Waals surface area contributed by atoms with Gasteiger partial charge < -0.3 is 15.4 Å². The third-order valence-corrected chi connectivity index (χ3v) is 2.75. The second-order valence-electron chi connectivity index (χ2n) is 4.46. The average molecular weight is 234 g/mol. The fourth-order valence-electron chi connectivity index (χ4n) is 2.11. The molecule has 1 aromatic rings. The minimum absolute atomic E-state index is 0.00112. The Hall–Kier alpha value is -1.62. The SMILES string of the molecule is CC1CN(c2cccc(C(=N)N)n2)CC(C)O1. The first kappa shape index (κ1) is 11.9. The number of ether oxygens (including phenoxy) is 1. The van der Waals surface area contributed by atoms with Crippen LogP contribution in [0.1, 0.15) is 19.5 Å². The molecule has 1 fully saturated rings. The van der Waals surface area contributed by atoms with Crippen LogP contribution in [0.5, 0.6) is 0 Å². The van der Waals surface area contributed by atoms with Gasteiger partial charge in [0.05, 0.1) is 12.2 Å². The van der Waals surface area contributed by atoms with Gasteiger partial charge in [0.25, 0.3) is 0 Å². The van der Waals surface area contributed by atoms with Gasteiger partial charge in [0.1, 0.15) is 17.3 Å². The van der Waals surface area contributed by atoms with Gasteiger partial charge in [0.15, 0.2) is 0 Å². The largest absolute Gasteiger partial charge is 0.382 e. The quantitative estimate of drug-likeness (QED) is 0.591. The number of nitrogens with zero attached hydrogens (tertiary/aromatic N) is 2. The molecule has 2 heterocycles. The van der Waals surface area contributed by atoms with E-state index in [0.717, 1.165) is 18.9 Å². The minimum Gasteiger partial charge on any atom is -0.382 e. The monoisotopic (exact) mass is 234 g/mol. The molecule has 2 rings (SSSR count). The van der Waals surface area contributed by atoms with Crippen molar-refractivity contribution in [1.29, 1.82) is 5.41 Å². The zero-order chi connectivity index (χ0) is 12.4. The number of nitrogen functional groups attached to an aromatic ring is 1. The maximum atomic E-state index is 7.40. The van der Waals surface area contributed by atoms with E-state index in [1.165, 1.54) is 0 Å². The Morgan fingerprint density at radius 1 is 1.41 bits per heavy atom. The molecule has 0 aromatic carbocycles. The van der Waals surface area contributed by atoms with Gasteiger partial charge in [0.2, 0.25) is 0 Å². The zero-order valence-electron chi connectivity index (χ0n) is 10.2. The standard InChI is InChI=1S/C12H18N4O/c1-8-6-16(7-9(2)17-8)11-5-3-4-10(15-11)12(13)14/h3-5,8-9H,6-7H2,1-2H3,(H3,13,14). The molecule has 1 aliphatic heterocycles. The molecule has 0 saturated carbocycles. The molecular weight excluding hydrogens is 216 g/mol. The van der Waals surface area contributed by atoms with Gasteiger partial charge in [-0.1, -0.05) is 6.07 Å². The average Bonchev–Trinajstić information content (AvgIpc) is 2.28. The number of anilines is 1. The molecule has 0 aliphatic carbocycles. The second kappa shape index (κ2) is 4.71. The van der Waals surface area contributed by atoms with Crippen molar-refractivity contribution in [2.75, 3.05) is 18.0 Å². The Morgan fingerprint density at radius 3 is 2.65 bits per heavy atom. The number of nitrogens with two attached hydrogens (primary N) is 1. The summed E-state index contributed by atoms with van der Waals surface area (Å²) in [6, 6.07) is 5.57. The van der Waals surface area contributed by atoms with E-state index in [-0.39, 0.29) is 18.0 Å². The van der Waals surface area contributed by atoms with Crippen molar-refractivity contribution in [1.82, 2.24) is 4.98 Å². The highest BCUT2D eigenvalue weighted by Gasteiger charge is 2.23. The van der Waals surface area contributed by atoms with Crippen LogP contribution in [-0.4, -0.2) is 36.1 Å². The van der Waals surface area contributed by atoms with Gasteiger partial charge in [-0.05, 0) is 26.0 Å². The molecule has 0 spiro atoms. The summed E-state index contributed by atoms with van der Waals surface area (Å²) in [4.78, 5) is 6.56. The van der Waals surface area contributed by atoms with E-state index in [1.54, 1.807) is 6.07 Å². The summed E-state index contributed by atoms with van der Waals surface area (Å²) in [5, 5.41) is 7.40.